The number of sulfonamides is 1. The normalized spacial score (nSPS) is 18.7. The maximum absolute atomic E-state index is 13.5. The Morgan fingerprint density at radius 3 is 2.46 bits per heavy atom. The Balaban J connectivity index is 1.63. The molecule has 0 aliphatic carbocycles. The van der Waals surface area contributed by atoms with Crippen LogP contribution in [0, 0.1) is 0 Å². The molecule has 37 heavy (non-hydrogen) atoms. The Labute approximate surface area is 215 Å². The monoisotopic (exact) mass is 527 g/mol. The number of nitrogens with one attached hydrogen (secondary N) is 2. The van der Waals surface area contributed by atoms with Crippen LogP contribution in [0.5, 0.6) is 11.5 Å². The summed E-state index contributed by atoms with van der Waals surface area (Å²) in [6.07, 6.45) is 1.57. The van der Waals surface area contributed by atoms with Gasteiger partial charge in [0, 0.05) is 25.6 Å². The van der Waals surface area contributed by atoms with Gasteiger partial charge in [-0.25, -0.2) is 8.42 Å². The summed E-state index contributed by atoms with van der Waals surface area (Å²) in [4.78, 5) is 39.0. The molecule has 0 bridgehead atoms. The Morgan fingerprint density at radius 2 is 1.81 bits per heavy atom. The number of likely N-dealkylation sites (N-methyl/N-ethyl adjacent to an activating group) is 1. The second-order valence-corrected chi connectivity index (χ2v) is 10.5. The van der Waals surface area contributed by atoms with Gasteiger partial charge in [-0.15, -0.1) is 6.58 Å². The van der Waals surface area contributed by atoms with Gasteiger partial charge in [0.1, 0.15) is 25.3 Å². The van der Waals surface area contributed by atoms with E-state index in [0.29, 0.717) is 30.3 Å². The molecule has 2 aromatic carbocycles. The van der Waals surface area contributed by atoms with Crippen molar-refractivity contribution in [2.24, 2.45) is 0 Å². The molecule has 0 radical (unpaired) electrons. The number of Topliss-reactive ketones (excluding diaryl/α,β-unsaturated/α-hetero) is 1. The van der Waals surface area contributed by atoms with E-state index in [0.717, 1.165) is 9.87 Å². The number of hydrogen-bond donors (Lipinski definition) is 2. The zero-order valence-electron chi connectivity index (χ0n) is 20.4. The van der Waals surface area contributed by atoms with E-state index in [9.17, 15) is 22.8 Å². The summed E-state index contributed by atoms with van der Waals surface area (Å²) < 4.78 is 39.2. The van der Waals surface area contributed by atoms with Gasteiger partial charge in [0.15, 0.2) is 11.5 Å². The van der Waals surface area contributed by atoms with Crippen molar-refractivity contribution in [1.82, 2.24) is 14.9 Å². The predicted octanol–water partition coefficient (Wildman–Crippen LogP) is 0.992. The highest BCUT2D eigenvalue weighted by Gasteiger charge is 2.43. The van der Waals surface area contributed by atoms with Gasteiger partial charge in [0.25, 0.3) is 5.91 Å². The molecule has 2 N–H and O–H groups in total. The number of rotatable bonds is 9. The van der Waals surface area contributed by atoms with Crippen molar-refractivity contribution in [3.8, 4) is 11.5 Å². The molecule has 1 unspecified atom stereocenters. The minimum atomic E-state index is -4.04. The number of ether oxygens (including phenoxy) is 2. The van der Waals surface area contributed by atoms with E-state index in [1.54, 1.807) is 37.3 Å². The average molecular weight is 528 g/mol. The van der Waals surface area contributed by atoms with Crippen molar-refractivity contribution in [2.75, 3.05) is 26.3 Å². The number of ketones is 1. The van der Waals surface area contributed by atoms with Gasteiger partial charge in [0.2, 0.25) is 21.7 Å². The predicted molar refractivity (Wildman–Crippen MR) is 135 cm³/mol. The van der Waals surface area contributed by atoms with Crippen molar-refractivity contribution in [3.63, 3.8) is 0 Å². The van der Waals surface area contributed by atoms with Gasteiger partial charge in [-0.05, 0) is 23.6 Å². The molecule has 0 saturated heterocycles. The van der Waals surface area contributed by atoms with Crippen LogP contribution in [0.1, 0.15) is 18.1 Å². The summed E-state index contributed by atoms with van der Waals surface area (Å²) in [6, 6.07) is 9.64. The van der Waals surface area contributed by atoms with Gasteiger partial charge < -0.3 is 20.1 Å². The van der Waals surface area contributed by atoms with E-state index in [2.05, 4.69) is 17.2 Å². The van der Waals surface area contributed by atoms with Gasteiger partial charge >= 0.3 is 0 Å². The summed E-state index contributed by atoms with van der Waals surface area (Å²) >= 11 is 0. The number of amides is 2. The van der Waals surface area contributed by atoms with Crippen molar-refractivity contribution in [3.05, 3.63) is 66.2 Å². The van der Waals surface area contributed by atoms with Gasteiger partial charge in [0.05, 0.1) is 4.90 Å². The van der Waals surface area contributed by atoms with Crippen LogP contribution in [0.4, 0.5) is 0 Å². The Morgan fingerprint density at radius 1 is 1.14 bits per heavy atom. The second-order valence-electron chi connectivity index (χ2n) is 8.65. The van der Waals surface area contributed by atoms with Crippen molar-refractivity contribution < 1.29 is 32.3 Å². The molecular formula is C26H29N3O7S. The number of benzene rings is 2. The minimum Gasteiger partial charge on any atom is -0.486 e. The molecule has 196 valence electrons. The fourth-order valence-electron chi connectivity index (χ4n) is 4.47. The Bertz CT molecular complexity index is 1310. The van der Waals surface area contributed by atoms with E-state index >= 15 is 0 Å². The second kappa shape index (κ2) is 11.1. The zero-order chi connectivity index (χ0) is 26.6. The molecule has 0 fully saturated rings. The minimum absolute atomic E-state index is 0.0332. The summed E-state index contributed by atoms with van der Waals surface area (Å²) in [5.74, 6) is -1.61. The summed E-state index contributed by atoms with van der Waals surface area (Å²) in [5, 5.41) is 5.09. The maximum Gasteiger partial charge on any atom is 0.289 e. The molecule has 2 amide bonds. The lowest BCUT2D eigenvalue weighted by molar-refractivity contribution is -0.140. The van der Waals surface area contributed by atoms with E-state index in [1.165, 1.54) is 12.1 Å². The molecular weight excluding hydrogens is 498 g/mol. The lowest BCUT2D eigenvalue weighted by Crippen LogP contribution is -2.57. The fraction of sp³-hybridized carbons (Fsp3) is 0.346. The lowest BCUT2D eigenvalue weighted by atomic mass is 9.99. The topological polar surface area (TPSA) is 131 Å². The van der Waals surface area contributed by atoms with E-state index in [1.807, 2.05) is 6.07 Å². The molecule has 2 atom stereocenters. The van der Waals surface area contributed by atoms with Crippen LogP contribution in [-0.2, 0) is 37.2 Å². The molecule has 2 aliphatic heterocycles. The third-order valence-corrected chi connectivity index (χ3v) is 8.30. The molecule has 4 rings (SSSR count). The highest BCUT2D eigenvalue weighted by atomic mass is 32.2. The van der Waals surface area contributed by atoms with Crippen LogP contribution in [0.3, 0.4) is 0 Å². The third-order valence-electron chi connectivity index (χ3n) is 6.23. The SMILES string of the molecule is C=CCNC(=O)C(=O)[C@H](Cc1ccccc1)NC(=O)C1Cc2cc3c(cc2S(=O)(=O)N1CC)OCCO3. The van der Waals surface area contributed by atoms with Crippen molar-refractivity contribution >= 4 is 27.6 Å². The highest BCUT2D eigenvalue weighted by Crippen LogP contribution is 2.39. The van der Waals surface area contributed by atoms with Crippen molar-refractivity contribution in [1.29, 1.82) is 0 Å². The van der Waals surface area contributed by atoms with E-state index in [-0.39, 0.29) is 30.8 Å². The van der Waals surface area contributed by atoms with Crippen LogP contribution in [0.25, 0.3) is 0 Å². The van der Waals surface area contributed by atoms with Crippen LogP contribution >= 0.6 is 0 Å². The highest BCUT2D eigenvalue weighted by molar-refractivity contribution is 7.89. The number of fused-ring (bicyclic) bond motifs is 2. The van der Waals surface area contributed by atoms with E-state index < -0.39 is 39.7 Å². The number of carbonyl (C=O) groups is 3. The molecule has 0 saturated carbocycles. The van der Waals surface area contributed by atoms with Crippen LogP contribution < -0.4 is 20.1 Å². The molecule has 10 nitrogen and oxygen atoms in total. The van der Waals surface area contributed by atoms with Crippen LogP contribution in [0.2, 0.25) is 0 Å². The van der Waals surface area contributed by atoms with Crippen molar-refractivity contribution in [2.45, 2.75) is 36.7 Å². The number of hydrogen-bond acceptors (Lipinski definition) is 7. The summed E-state index contributed by atoms with van der Waals surface area (Å²) in [5.41, 5.74) is 1.15. The first kappa shape index (κ1) is 26.4. The molecule has 2 aliphatic rings. The van der Waals surface area contributed by atoms with Crippen LogP contribution in [-0.4, -0.2) is 68.7 Å². The Kier molecular flexibility index (Phi) is 7.94. The Hall–Kier alpha value is -3.70. The van der Waals surface area contributed by atoms with Gasteiger partial charge in [-0.3, -0.25) is 14.4 Å². The summed E-state index contributed by atoms with van der Waals surface area (Å²) in [7, 11) is -4.04. The number of carbonyl (C=O) groups excluding carboxylic acids is 3. The first-order chi connectivity index (χ1) is 17.8. The molecule has 0 spiro atoms. The largest absolute Gasteiger partial charge is 0.486 e. The molecule has 2 aromatic rings. The lowest BCUT2D eigenvalue weighted by Gasteiger charge is -2.35. The summed E-state index contributed by atoms with van der Waals surface area (Å²) in [6.45, 7) is 5.92. The fourth-order valence-corrected chi connectivity index (χ4v) is 6.29. The smallest absolute Gasteiger partial charge is 0.289 e. The average Bonchev–Trinajstić information content (AvgIpc) is 2.90. The van der Waals surface area contributed by atoms with Crippen LogP contribution in [0.15, 0.2) is 60.0 Å². The van der Waals surface area contributed by atoms with E-state index in [4.69, 9.17) is 9.47 Å². The maximum atomic E-state index is 13.5. The third kappa shape index (κ3) is 5.52. The first-order valence-electron chi connectivity index (χ1n) is 12.0. The standard InChI is InChI=1S/C26H29N3O7S/c1-3-10-27-26(32)24(30)19(13-17-8-6-5-7-9-17)28-25(31)20-14-18-15-21-22(36-12-11-35-21)16-23(18)37(33,34)29(20)4-2/h3,5-9,15-16,19-20H,1,4,10-14H2,2H3,(H,27,32)(H,28,31)/t19-,20?/m0/s1. The quantitative estimate of drug-likeness (QED) is 0.367. The first-order valence-corrected chi connectivity index (χ1v) is 13.4. The molecule has 11 heteroatoms. The van der Waals surface area contributed by atoms with Gasteiger partial charge in [-0.1, -0.05) is 43.3 Å². The number of nitrogens with zero attached hydrogens (tertiary/aromatic N) is 1. The van der Waals surface area contributed by atoms with Gasteiger partial charge in [-0.2, -0.15) is 4.31 Å². The molecule has 0 aromatic heterocycles. The molecule has 2 heterocycles. The zero-order valence-corrected chi connectivity index (χ0v) is 21.3.